The van der Waals surface area contributed by atoms with Gasteiger partial charge in [-0.1, -0.05) is 55.5 Å². The number of benzene rings is 2. The molecule has 0 aliphatic carbocycles. The fourth-order valence-electron chi connectivity index (χ4n) is 4.56. The third-order valence-electron chi connectivity index (χ3n) is 6.36. The summed E-state index contributed by atoms with van der Waals surface area (Å²) in [6, 6.07) is 15.6. The number of nitrogens with one attached hydrogen (secondary N) is 2. The number of aromatic nitrogens is 2. The molecule has 9 heteroatoms. The van der Waals surface area contributed by atoms with Crippen LogP contribution in [0.4, 0.5) is 0 Å². The van der Waals surface area contributed by atoms with Gasteiger partial charge in [-0.15, -0.1) is 0 Å². The van der Waals surface area contributed by atoms with E-state index in [0.29, 0.717) is 17.0 Å². The molecular weight excluding hydrogens is 454 g/mol. The lowest BCUT2D eigenvalue weighted by Gasteiger charge is -2.29. The highest BCUT2D eigenvalue weighted by Crippen LogP contribution is 2.44. The fraction of sp³-hybridized carbons (Fsp3) is 0.320. The summed E-state index contributed by atoms with van der Waals surface area (Å²) in [7, 11) is 0. The summed E-state index contributed by atoms with van der Waals surface area (Å²) in [5.74, 6) is 1.33. The van der Waals surface area contributed by atoms with Crippen molar-refractivity contribution in [2.24, 2.45) is 0 Å². The average molecular weight is 480 g/mol. The lowest BCUT2D eigenvalue weighted by molar-refractivity contribution is -0.0173. The molecular formula is C25H25N3O5S. The number of hydrogen-bond donors (Lipinski definition) is 3. The van der Waals surface area contributed by atoms with Crippen LogP contribution in [0.1, 0.15) is 42.2 Å². The number of rotatable bonds is 5. The molecule has 0 radical (unpaired) electrons. The van der Waals surface area contributed by atoms with E-state index in [9.17, 15) is 14.7 Å². The lowest BCUT2D eigenvalue weighted by Crippen LogP contribution is -2.39. The number of nitrogens with zero attached hydrogens (tertiary/aromatic N) is 1. The smallest absolute Gasteiger partial charge is 0.330 e. The summed E-state index contributed by atoms with van der Waals surface area (Å²) in [4.78, 5) is 27.1. The molecule has 2 aliphatic rings. The van der Waals surface area contributed by atoms with Crippen molar-refractivity contribution in [1.82, 2.24) is 14.9 Å². The van der Waals surface area contributed by atoms with Crippen LogP contribution in [0.15, 0.2) is 64.3 Å². The van der Waals surface area contributed by atoms with Crippen molar-refractivity contribution in [2.75, 3.05) is 6.54 Å². The maximum Gasteiger partial charge on any atom is 0.330 e. The predicted molar refractivity (Wildman–Crippen MR) is 131 cm³/mol. The molecule has 2 aromatic carbocycles. The SMILES string of the molecule is CCc1cn([C@H]2C[C@H](O)[C@@H](CNC(=S)C3c4ccccc4Oc4ccccc43)O2)c(=O)[nH]c1=O. The first kappa shape index (κ1) is 22.5. The van der Waals surface area contributed by atoms with Gasteiger partial charge in [0.05, 0.1) is 17.0 Å². The van der Waals surface area contributed by atoms with E-state index in [2.05, 4.69) is 10.3 Å². The molecule has 3 aromatic rings. The number of aryl methyl sites for hydroxylation is 1. The fourth-order valence-corrected chi connectivity index (χ4v) is 4.90. The minimum absolute atomic E-state index is 0.195. The van der Waals surface area contributed by atoms with Crippen molar-refractivity contribution >= 4 is 17.2 Å². The average Bonchev–Trinajstić information content (AvgIpc) is 3.21. The molecule has 34 heavy (non-hydrogen) atoms. The zero-order chi connectivity index (χ0) is 23.8. The standard InChI is InChI=1S/C25H25N3O5S/c1-2-14-13-28(25(31)27-23(14)30)21-11-17(29)20(33-21)12-26-24(34)22-15-7-3-5-9-18(15)32-19-10-6-4-8-16(19)22/h3-10,13,17,20-22,29H,2,11-12H2,1H3,(H,26,34)(H,27,30,31)/t17-,20+,21+/m0/s1. The molecule has 0 unspecified atom stereocenters. The van der Waals surface area contributed by atoms with Crippen LogP contribution in [0.25, 0.3) is 0 Å². The molecule has 0 spiro atoms. The molecule has 3 N–H and O–H groups in total. The first-order valence-electron chi connectivity index (χ1n) is 11.3. The third kappa shape index (κ3) is 4.06. The van der Waals surface area contributed by atoms with Crippen molar-refractivity contribution in [3.63, 3.8) is 0 Å². The van der Waals surface area contributed by atoms with E-state index < -0.39 is 29.7 Å². The predicted octanol–water partition coefficient (Wildman–Crippen LogP) is 2.60. The Morgan fingerprint density at radius 2 is 1.79 bits per heavy atom. The van der Waals surface area contributed by atoms with Crippen LogP contribution in [0.2, 0.25) is 0 Å². The number of aliphatic hydroxyl groups excluding tert-OH is 1. The van der Waals surface area contributed by atoms with Gasteiger partial charge in [0.1, 0.15) is 23.8 Å². The maximum absolute atomic E-state index is 12.3. The van der Waals surface area contributed by atoms with Gasteiger partial charge in [-0.25, -0.2) is 4.79 Å². The van der Waals surface area contributed by atoms with Crippen molar-refractivity contribution in [2.45, 2.75) is 44.1 Å². The van der Waals surface area contributed by atoms with Crippen molar-refractivity contribution in [3.05, 3.63) is 92.3 Å². The molecule has 0 amide bonds. The van der Waals surface area contributed by atoms with Crippen molar-refractivity contribution < 1.29 is 14.6 Å². The minimum Gasteiger partial charge on any atom is -0.457 e. The highest BCUT2D eigenvalue weighted by Gasteiger charge is 2.37. The minimum atomic E-state index is -0.793. The topological polar surface area (TPSA) is 106 Å². The Balaban J connectivity index is 1.33. The van der Waals surface area contributed by atoms with Crippen LogP contribution in [-0.4, -0.2) is 38.4 Å². The summed E-state index contributed by atoms with van der Waals surface area (Å²) < 4.78 is 13.4. The summed E-state index contributed by atoms with van der Waals surface area (Å²) >= 11 is 5.79. The summed E-state index contributed by atoms with van der Waals surface area (Å²) in [5.41, 5.74) is 1.46. The number of fused-ring (bicyclic) bond motifs is 2. The van der Waals surface area contributed by atoms with Gasteiger partial charge < -0.3 is 19.9 Å². The van der Waals surface area contributed by atoms with Gasteiger partial charge in [0.2, 0.25) is 0 Å². The van der Waals surface area contributed by atoms with Gasteiger partial charge in [-0.2, -0.15) is 0 Å². The lowest BCUT2D eigenvalue weighted by atomic mass is 9.87. The Hall–Kier alpha value is -3.27. The van der Waals surface area contributed by atoms with E-state index in [0.717, 1.165) is 22.6 Å². The zero-order valence-electron chi connectivity index (χ0n) is 18.6. The highest BCUT2D eigenvalue weighted by atomic mass is 32.1. The molecule has 8 nitrogen and oxygen atoms in total. The molecule has 3 atom stereocenters. The second-order valence-corrected chi connectivity index (χ2v) is 8.90. The van der Waals surface area contributed by atoms with Crippen LogP contribution in [0, 0.1) is 0 Å². The number of hydrogen-bond acceptors (Lipinski definition) is 6. The van der Waals surface area contributed by atoms with Gasteiger partial charge >= 0.3 is 5.69 Å². The Morgan fingerprint density at radius 3 is 2.44 bits per heavy atom. The Labute approximate surface area is 201 Å². The van der Waals surface area contributed by atoms with E-state index in [1.165, 1.54) is 10.8 Å². The third-order valence-corrected chi connectivity index (χ3v) is 6.74. The molecule has 2 aliphatic heterocycles. The Kier molecular flexibility index (Phi) is 6.07. The molecule has 0 saturated carbocycles. The number of thiocarbonyl (C=S) groups is 1. The van der Waals surface area contributed by atoms with Crippen LogP contribution in [-0.2, 0) is 11.2 Å². The van der Waals surface area contributed by atoms with Gasteiger partial charge in [0, 0.05) is 35.9 Å². The maximum atomic E-state index is 12.3. The monoisotopic (exact) mass is 479 g/mol. The van der Waals surface area contributed by atoms with Gasteiger partial charge in [-0.3, -0.25) is 14.3 Å². The summed E-state index contributed by atoms with van der Waals surface area (Å²) in [6.07, 6.45) is 0.190. The van der Waals surface area contributed by atoms with Crippen LogP contribution in [0.5, 0.6) is 11.5 Å². The molecule has 176 valence electrons. The quantitative estimate of drug-likeness (QED) is 0.483. The first-order valence-corrected chi connectivity index (χ1v) is 11.7. The van der Waals surface area contributed by atoms with E-state index in [4.69, 9.17) is 21.7 Å². The van der Waals surface area contributed by atoms with Crippen molar-refractivity contribution in [3.8, 4) is 11.5 Å². The largest absolute Gasteiger partial charge is 0.457 e. The van der Waals surface area contributed by atoms with E-state index in [-0.39, 0.29) is 18.9 Å². The molecule has 0 bridgehead atoms. The number of H-pyrrole nitrogens is 1. The second-order valence-electron chi connectivity index (χ2n) is 8.46. The first-order chi connectivity index (χ1) is 16.5. The van der Waals surface area contributed by atoms with E-state index in [1.807, 2.05) is 55.5 Å². The van der Waals surface area contributed by atoms with Crippen LogP contribution in [0.3, 0.4) is 0 Å². The van der Waals surface area contributed by atoms with E-state index >= 15 is 0 Å². The van der Waals surface area contributed by atoms with Gasteiger partial charge in [-0.05, 0) is 18.6 Å². The van der Waals surface area contributed by atoms with E-state index in [1.54, 1.807) is 0 Å². The van der Waals surface area contributed by atoms with Crippen molar-refractivity contribution in [1.29, 1.82) is 0 Å². The second kappa shape index (κ2) is 9.17. The number of aromatic amines is 1. The zero-order valence-corrected chi connectivity index (χ0v) is 19.4. The Bertz CT molecular complexity index is 1310. The molecule has 1 saturated heterocycles. The van der Waals surface area contributed by atoms with Gasteiger partial charge in [0.25, 0.3) is 5.56 Å². The molecule has 5 rings (SSSR count). The number of para-hydroxylation sites is 2. The normalized spacial score (nSPS) is 21.4. The highest BCUT2D eigenvalue weighted by molar-refractivity contribution is 7.80. The number of ether oxygens (including phenoxy) is 2. The summed E-state index contributed by atoms with van der Waals surface area (Å²) in [6.45, 7) is 2.11. The number of aliphatic hydroxyl groups is 1. The molecule has 1 fully saturated rings. The van der Waals surface area contributed by atoms with Crippen LogP contribution >= 0.6 is 12.2 Å². The van der Waals surface area contributed by atoms with Gasteiger partial charge in [0.15, 0.2) is 0 Å². The summed E-state index contributed by atoms with van der Waals surface area (Å²) in [5, 5.41) is 13.9. The Morgan fingerprint density at radius 1 is 1.15 bits per heavy atom. The molecule has 3 heterocycles. The molecule has 1 aromatic heterocycles. The van der Waals surface area contributed by atoms with Crippen LogP contribution < -0.4 is 21.3 Å².